The summed E-state index contributed by atoms with van der Waals surface area (Å²) in [7, 11) is 2.11. The number of carbonyl (C=O) groups is 2. The van der Waals surface area contributed by atoms with Crippen LogP contribution in [-0.2, 0) is 22.4 Å². The molecule has 1 unspecified atom stereocenters. The quantitative estimate of drug-likeness (QED) is 0.735. The van der Waals surface area contributed by atoms with Gasteiger partial charge < -0.3 is 14.9 Å². The highest BCUT2D eigenvalue weighted by Gasteiger charge is 2.38. The molecule has 0 bridgehead atoms. The van der Waals surface area contributed by atoms with Crippen LogP contribution in [0.1, 0.15) is 24.1 Å². The summed E-state index contributed by atoms with van der Waals surface area (Å²) in [5.41, 5.74) is 4.33. The van der Waals surface area contributed by atoms with Gasteiger partial charge in [0.1, 0.15) is 6.33 Å². The fourth-order valence-electron chi connectivity index (χ4n) is 4.16. The maximum Gasteiger partial charge on any atom is 0.490 e. The van der Waals surface area contributed by atoms with E-state index in [-0.39, 0.29) is 5.92 Å². The number of aliphatic carboxylic acids is 1. The Morgan fingerprint density at radius 3 is 2.30 bits per heavy atom. The molecule has 1 aromatic heterocycles. The van der Waals surface area contributed by atoms with E-state index in [1.54, 1.807) is 6.33 Å². The van der Waals surface area contributed by atoms with Gasteiger partial charge in [-0.3, -0.25) is 4.79 Å². The molecule has 1 aromatic carbocycles. The van der Waals surface area contributed by atoms with E-state index < -0.39 is 12.1 Å². The van der Waals surface area contributed by atoms with Gasteiger partial charge in [-0.1, -0.05) is 30.3 Å². The lowest BCUT2D eigenvalue weighted by Gasteiger charge is -2.30. The number of alkyl halides is 3. The molecule has 1 saturated heterocycles. The molecule has 7 nitrogen and oxygen atoms in total. The lowest BCUT2D eigenvalue weighted by Crippen LogP contribution is -2.42. The van der Waals surface area contributed by atoms with Gasteiger partial charge in [-0.25, -0.2) is 14.8 Å². The number of benzene rings is 1. The molecular weight excluding hydrogens is 437 g/mol. The number of carbonyl (C=O) groups excluding carboxylic acids is 1. The second-order valence-corrected chi connectivity index (χ2v) is 8.26. The van der Waals surface area contributed by atoms with Crippen molar-refractivity contribution in [3.63, 3.8) is 0 Å². The predicted molar refractivity (Wildman–Crippen MR) is 115 cm³/mol. The van der Waals surface area contributed by atoms with Crippen molar-refractivity contribution in [1.29, 1.82) is 0 Å². The van der Waals surface area contributed by atoms with E-state index in [4.69, 9.17) is 9.90 Å². The molecule has 1 atom stereocenters. The normalized spacial score (nSPS) is 19.0. The van der Waals surface area contributed by atoms with Crippen LogP contribution in [0.2, 0.25) is 0 Å². The molecule has 2 aromatic rings. The number of amides is 1. The standard InChI is InChI=1S/C21H26N4O.C2HF3O2/c1-24-12-9-19-18(13-17(14-24)21(26)25-10-5-6-11-25)20(23-15-22-19)16-7-3-2-4-8-16;3-2(4,5)1(6)7/h2-4,7-8,15,17H,5-6,9-14H2,1H3;(H,6,7). The first-order chi connectivity index (χ1) is 15.7. The molecule has 0 spiro atoms. The zero-order valence-corrected chi connectivity index (χ0v) is 18.4. The largest absolute Gasteiger partial charge is 0.490 e. The van der Waals surface area contributed by atoms with Crippen LogP contribution in [-0.4, -0.2) is 76.2 Å². The first-order valence-electron chi connectivity index (χ1n) is 10.8. The number of carboxylic acid groups (broad SMARTS) is 1. The first kappa shape index (κ1) is 24.6. The summed E-state index contributed by atoms with van der Waals surface area (Å²) in [6.45, 7) is 3.53. The van der Waals surface area contributed by atoms with Crippen LogP contribution >= 0.6 is 0 Å². The Bertz CT molecular complexity index is 963. The molecule has 178 valence electrons. The predicted octanol–water partition coefficient (Wildman–Crippen LogP) is 3.05. The lowest BCUT2D eigenvalue weighted by atomic mass is 9.90. The minimum absolute atomic E-state index is 0.0226. The van der Waals surface area contributed by atoms with Gasteiger partial charge in [0.2, 0.25) is 5.91 Å². The number of hydrogen-bond donors (Lipinski definition) is 1. The SMILES string of the molecule is CN1CCc2ncnc(-c3ccccc3)c2CC(C(=O)N2CCCC2)C1.O=C(O)C(F)(F)F. The molecule has 0 radical (unpaired) electrons. The van der Waals surface area contributed by atoms with Crippen molar-refractivity contribution in [2.24, 2.45) is 5.92 Å². The minimum atomic E-state index is -5.08. The van der Waals surface area contributed by atoms with Gasteiger partial charge in [0.05, 0.1) is 11.6 Å². The summed E-state index contributed by atoms with van der Waals surface area (Å²) in [4.78, 5) is 35.5. The Balaban J connectivity index is 0.000000383. The smallest absolute Gasteiger partial charge is 0.475 e. The van der Waals surface area contributed by atoms with Crippen LogP contribution in [0.3, 0.4) is 0 Å². The summed E-state index contributed by atoms with van der Waals surface area (Å²) < 4.78 is 31.7. The van der Waals surface area contributed by atoms with Crippen molar-refractivity contribution < 1.29 is 27.9 Å². The Kier molecular flexibility index (Phi) is 8.01. The van der Waals surface area contributed by atoms with Crippen molar-refractivity contribution in [2.75, 3.05) is 33.2 Å². The summed E-state index contributed by atoms with van der Waals surface area (Å²) >= 11 is 0. The molecule has 33 heavy (non-hydrogen) atoms. The third-order valence-corrected chi connectivity index (χ3v) is 5.80. The zero-order valence-electron chi connectivity index (χ0n) is 18.4. The van der Waals surface area contributed by atoms with Gasteiger partial charge in [-0.2, -0.15) is 13.2 Å². The molecule has 2 aliphatic rings. The summed E-state index contributed by atoms with van der Waals surface area (Å²) in [5, 5.41) is 7.12. The number of rotatable bonds is 2. The van der Waals surface area contributed by atoms with Crippen LogP contribution in [0.15, 0.2) is 36.7 Å². The third-order valence-electron chi connectivity index (χ3n) is 5.80. The van der Waals surface area contributed by atoms with E-state index in [0.29, 0.717) is 5.91 Å². The van der Waals surface area contributed by atoms with Crippen LogP contribution < -0.4 is 0 Å². The van der Waals surface area contributed by atoms with Crippen molar-refractivity contribution in [1.82, 2.24) is 19.8 Å². The Labute approximate surface area is 190 Å². The summed E-state index contributed by atoms with van der Waals surface area (Å²) in [6.07, 6.45) is 0.464. The lowest BCUT2D eigenvalue weighted by molar-refractivity contribution is -0.192. The summed E-state index contributed by atoms with van der Waals surface area (Å²) in [6, 6.07) is 10.3. The van der Waals surface area contributed by atoms with Crippen LogP contribution in [0.5, 0.6) is 0 Å². The third kappa shape index (κ3) is 6.50. The molecule has 0 aliphatic carbocycles. The number of fused-ring (bicyclic) bond motifs is 1. The summed E-state index contributed by atoms with van der Waals surface area (Å²) in [5.74, 6) is -2.48. The van der Waals surface area contributed by atoms with E-state index >= 15 is 0 Å². The molecule has 1 N–H and O–H groups in total. The number of halogens is 3. The average molecular weight is 464 g/mol. The zero-order chi connectivity index (χ0) is 24.0. The maximum atomic E-state index is 13.1. The van der Waals surface area contributed by atoms with Crippen molar-refractivity contribution in [3.05, 3.63) is 47.9 Å². The van der Waals surface area contributed by atoms with E-state index in [2.05, 4.69) is 34.0 Å². The highest BCUT2D eigenvalue weighted by Crippen LogP contribution is 2.28. The Morgan fingerprint density at radius 2 is 1.70 bits per heavy atom. The molecule has 3 heterocycles. The fraction of sp³-hybridized carbons (Fsp3) is 0.478. The van der Waals surface area contributed by atoms with E-state index in [0.717, 1.165) is 74.4 Å². The van der Waals surface area contributed by atoms with Crippen LogP contribution in [0.25, 0.3) is 11.3 Å². The Morgan fingerprint density at radius 1 is 1.06 bits per heavy atom. The first-order valence-corrected chi connectivity index (χ1v) is 10.8. The fourth-order valence-corrected chi connectivity index (χ4v) is 4.16. The highest BCUT2D eigenvalue weighted by atomic mass is 19.4. The second kappa shape index (κ2) is 10.7. The molecule has 1 amide bonds. The number of hydrogen-bond acceptors (Lipinski definition) is 5. The molecule has 0 saturated carbocycles. The minimum Gasteiger partial charge on any atom is -0.475 e. The number of likely N-dealkylation sites (tertiary alicyclic amines) is 1. The van der Waals surface area contributed by atoms with E-state index in [9.17, 15) is 18.0 Å². The van der Waals surface area contributed by atoms with Crippen molar-refractivity contribution in [2.45, 2.75) is 31.9 Å². The second-order valence-electron chi connectivity index (χ2n) is 8.26. The Hall–Kier alpha value is -3.01. The van der Waals surface area contributed by atoms with Gasteiger partial charge in [0.25, 0.3) is 0 Å². The molecule has 4 rings (SSSR count). The van der Waals surface area contributed by atoms with E-state index in [1.807, 2.05) is 23.1 Å². The van der Waals surface area contributed by atoms with Gasteiger partial charge >= 0.3 is 12.1 Å². The van der Waals surface area contributed by atoms with Gasteiger partial charge in [-0.05, 0) is 26.3 Å². The topological polar surface area (TPSA) is 86.6 Å². The average Bonchev–Trinajstić information content (AvgIpc) is 3.31. The van der Waals surface area contributed by atoms with Gasteiger partial charge in [0, 0.05) is 49.4 Å². The molecule has 2 aliphatic heterocycles. The number of carboxylic acids is 1. The molecule has 10 heteroatoms. The molecular formula is C23H27F3N4O3. The maximum absolute atomic E-state index is 13.1. The van der Waals surface area contributed by atoms with Crippen LogP contribution in [0, 0.1) is 5.92 Å². The number of nitrogens with zero attached hydrogens (tertiary/aromatic N) is 4. The van der Waals surface area contributed by atoms with Crippen molar-refractivity contribution >= 4 is 11.9 Å². The number of likely N-dealkylation sites (N-methyl/N-ethyl adjacent to an activating group) is 1. The van der Waals surface area contributed by atoms with E-state index in [1.165, 1.54) is 0 Å². The monoisotopic (exact) mass is 464 g/mol. The van der Waals surface area contributed by atoms with Crippen molar-refractivity contribution in [3.8, 4) is 11.3 Å². The molecule has 1 fully saturated rings. The van der Waals surface area contributed by atoms with Crippen LogP contribution in [0.4, 0.5) is 13.2 Å². The van der Waals surface area contributed by atoms with Gasteiger partial charge in [0.15, 0.2) is 0 Å². The number of aromatic nitrogens is 2. The highest BCUT2D eigenvalue weighted by molar-refractivity contribution is 5.80. The van der Waals surface area contributed by atoms with Gasteiger partial charge in [-0.15, -0.1) is 0 Å².